The molecule has 0 aliphatic heterocycles. The van der Waals surface area contributed by atoms with Gasteiger partial charge in [0.15, 0.2) is 0 Å². The lowest BCUT2D eigenvalue weighted by Crippen LogP contribution is -2.25. The third kappa shape index (κ3) is 4.72. The summed E-state index contributed by atoms with van der Waals surface area (Å²) in [7, 11) is 1.81. The lowest BCUT2D eigenvalue weighted by atomic mass is 10.3. The fraction of sp³-hybridized carbons (Fsp3) is 0.500. The maximum Gasteiger partial charge on any atom is 0.245 e. The van der Waals surface area contributed by atoms with Crippen molar-refractivity contribution < 1.29 is 4.79 Å². The average molecular weight is 167 g/mol. The summed E-state index contributed by atoms with van der Waals surface area (Å²) in [6.07, 6.45) is 7.16. The molecule has 0 atom stereocenters. The fourth-order valence-corrected chi connectivity index (χ4v) is 0.853. The van der Waals surface area contributed by atoms with Gasteiger partial charge in [-0.1, -0.05) is 12.2 Å². The van der Waals surface area contributed by atoms with Crippen molar-refractivity contribution in [3.05, 3.63) is 24.8 Å². The molecule has 0 saturated carbocycles. The van der Waals surface area contributed by atoms with Gasteiger partial charge in [0.25, 0.3) is 0 Å². The Hall–Kier alpha value is -1.05. The molecule has 0 heterocycles. The van der Waals surface area contributed by atoms with Gasteiger partial charge in [-0.25, -0.2) is 0 Å². The van der Waals surface area contributed by atoms with E-state index in [0.717, 1.165) is 19.4 Å². The van der Waals surface area contributed by atoms with Gasteiger partial charge < -0.3 is 4.90 Å². The van der Waals surface area contributed by atoms with E-state index in [1.165, 1.54) is 0 Å². The van der Waals surface area contributed by atoms with E-state index in [1.807, 2.05) is 20.0 Å². The second-order valence-electron chi connectivity index (χ2n) is 2.69. The Kier molecular flexibility index (Phi) is 6.07. The number of hydrogen-bond acceptors (Lipinski definition) is 1. The van der Waals surface area contributed by atoms with Crippen LogP contribution in [0.25, 0.3) is 0 Å². The normalized spacial score (nSPS) is 10.2. The first kappa shape index (κ1) is 11.0. The van der Waals surface area contributed by atoms with Crippen molar-refractivity contribution >= 4 is 5.91 Å². The predicted molar refractivity (Wildman–Crippen MR) is 51.9 cm³/mol. The van der Waals surface area contributed by atoms with Crippen LogP contribution in [0.4, 0.5) is 0 Å². The molecule has 0 spiro atoms. The van der Waals surface area contributed by atoms with Crippen LogP contribution in [0.3, 0.4) is 0 Å². The molecule has 0 saturated heterocycles. The molecule has 1 amide bonds. The first-order valence-electron chi connectivity index (χ1n) is 4.21. The second-order valence-corrected chi connectivity index (χ2v) is 2.69. The minimum Gasteiger partial charge on any atom is -0.342 e. The summed E-state index contributed by atoms with van der Waals surface area (Å²) in [4.78, 5) is 12.9. The highest BCUT2D eigenvalue weighted by atomic mass is 16.2. The van der Waals surface area contributed by atoms with Gasteiger partial charge in [-0.05, 0) is 25.8 Å². The summed E-state index contributed by atoms with van der Waals surface area (Å²) in [6.45, 7) is 6.26. The van der Waals surface area contributed by atoms with Gasteiger partial charge in [-0.15, -0.1) is 6.58 Å². The molecule has 0 fully saturated rings. The van der Waals surface area contributed by atoms with Crippen molar-refractivity contribution in [3.8, 4) is 0 Å². The van der Waals surface area contributed by atoms with Gasteiger partial charge in [0.1, 0.15) is 0 Å². The van der Waals surface area contributed by atoms with Crippen LogP contribution in [0.15, 0.2) is 24.8 Å². The lowest BCUT2D eigenvalue weighted by molar-refractivity contribution is -0.124. The number of carbonyl (C=O) groups excluding carboxylic acids is 1. The molecule has 0 aromatic carbocycles. The third-order valence-corrected chi connectivity index (χ3v) is 1.59. The number of amides is 1. The van der Waals surface area contributed by atoms with E-state index >= 15 is 0 Å². The summed E-state index contributed by atoms with van der Waals surface area (Å²) in [5.74, 6) is 0.0709. The SMILES string of the molecule is C=CCCCN(C)C(=O)/C=C/C. The molecule has 2 nitrogen and oxygen atoms in total. The molecule has 0 bridgehead atoms. The van der Waals surface area contributed by atoms with Gasteiger partial charge in [0.2, 0.25) is 5.91 Å². The van der Waals surface area contributed by atoms with Gasteiger partial charge >= 0.3 is 0 Å². The van der Waals surface area contributed by atoms with Gasteiger partial charge in [-0.3, -0.25) is 4.79 Å². The zero-order valence-electron chi connectivity index (χ0n) is 7.92. The van der Waals surface area contributed by atoms with Gasteiger partial charge in [0.05, 0.1) is 0 Å². The van der Waals surface area contributed by atoms with E-state index in [-0.39, 0.29) is 5.91 Å². The molecule has 0 aromatic rings. The van der Waals surface area contributed by atoms with Gasteiger partial charge in [-0.2, -0.15) is 0 Å². The molecule has 0 aliphatic carbocycles. The first-order valence-corrected chi connectivity index (χ1v) is 4.21. The number of carbonyl (C=O) groups is 1. The quantitative estimate of drug-likeness (QED) is 0.348. The Labute approximate surface area is 74.6 Å². The van der Waals surface area contributed by atoms with E-state index in [2.05, 4.69) is 6.58 Å². The molecule has 68 valence electrons. The van der Waals surface area contributed by atoms with Crippen LogP contribution in [0, 0.1) is 0 Å². The number of unbranched alkanes of at least 4 members (excludes halogenated alkanes) is 1. The highest BCUT2D eigenvalue weighted by Crippen LogP contribution is 1.94. The van der Waals surface area contributed by atoms with Crippen LogP contribution in [0.1, 0.15) is 19.8 Å². The molecule has 0 N–H and O–H groups in total. The van der Waals surface area contributed by atoms with E-state index in [4.69, 9.17) is 0 Å². The predicted octanol–water partition coefficient (Wildman–Crippen LogP) is 1.99. The zero-order valence-corrected chi connectivity index (χ0v) is 7.92. The maximum absolute atomic E-state index is 11.2. The number of allylic oxidation sites excluding steroid dienone is 2. The lowest BCUT2D eigenvalue weighted by Gasteiger charge is -2.13. The minimum absolute atomic E-state index is 0.0709. The number of nitrogens with zero attached hydrogens (tertiary/aromatic N) is 1. The Morgan fingerprint density at radius 2 is 2.25 bits per heavy atom. The van der Waals surface area contributed by atoms with Crippen molar-refractivity contribution in [2.24, 2.45) is 0 Å². The van der Waals surface area contributed by atoms with Crippen LogP contribution in [0.2, 0.25) is 0 Å². The molecule has 0 rings (SSSR count). The van der Waals surface area contributed by atoms with Crippen LogP contribution in [-0.2, 0) is 4.79 Å². The van der Waals surface area contributed by atoms with Crippen molar-refractivity contribution in [1.29, 1.82) is 0 Å². The Morgan fingerprint density at radius 3 is 2.75 bits per heavy atom. The first-order chi connectivity index (χ1) is 5.72. The van der Waals surface area contributed by atoms with Crippen LogP contribution in [-0.4, -0.2) is 24.4 Å². The van der Waals surface area contributed by atoms with Crippen molar-refractivity contribution in [2.75, 3.05) is 13.6 Å². The van der Waals surface area contributed by atoms with Crippen LogP contribution in [0.5, 0.6) is 0 Å². The fourth-order valence-electron chi connectivity index (χ4n) is 0.853. The molecule has 0 aliphatic rings. The van der Waals surface area contributed by atoms with E-state index in [9.17, 15) is 4.79 Å². The standard InChI is InChI=1S/C10H17NO/c1-4-6-7-9-11(3)10(12)8-5-2/h4-5,8H,1,6-7,9H2,2-3H3/b8-5+. The monoisotopic (exact) mass is 167 g/mol. The third-order valence-electron chi connectivity index (χ3n) is 1.59. The minimum atomic E-state index is 0.0709. The maximum atomic E-state index is 11.2. The summed E-state index contributed by atoms with van der Waals surface area (Å²) in [5.41, 5.74) is 0. The number of likely N-dealkylation sites (N-methyl/N-ethyl adjacent to an activating group) is 1. The average Bonchev–Trinajstić information content (AvgIpc) is 2.05. The largest absolute Gasteiger partial charge is 0.342 e. The molecule has 0 radical (unpaired) electrons. The molecule has 2 heteroatoms. The van der Waals surface area contributed by atoms with Crippen molar-refractivity contribution in [1.82, 2.24) is 4.90 Å². The number of hydrogen-bond donors (Lipinski definition) is 0. The van der Waals surface area contributed by atoms with E-state index in [0.29, 0.717) is 0 Å². The molecule has 12 heavy (non-hydrogen) atoms. The second kappa shape index (κ2) is 6.65. The molecular formula is C10H17NO. The smallest absolute Gasteiger partial charge is 0.245 e. The summed E-state index contributed by atoms with van der Waals surface area (Å²) in [6, 6.07) is 0. The Morgan fingerprint density at radius 1 is 1.58 bits per heavy atom. The van der Waals surface area contributed by atoms with Crippen molar-refractivity contribution in [2.45, 2.75) is 19.8 Å². The van der Waals surface area contributed by atoms with Gasteiger partial charge in [0, 0.05) is 13.6 Å². The summed E-state index contributed by atoms with van der Waals surface area (Å²) in [5, 5.41) is 0. The topological polar surface area (TPSA) is 20.3 Å². The summed E-state index contributed by atoms with van der Waals surface area (Å²) < 4.78 is 0. The zero-order chi connectivity index (χ0) is 9.40. The summed E-state index contributed by atoms with van der Waals surface area (Å²) >= 11 is 0. The Bertz CT molecular complexity index is 173. The van der Waals surface area contributed by atoms with E-state index in [1.54, 1.807) is 17.1 Å². The van der Waals surface area contributed by atoms with Crippen molar-refractivity contribution in [3.63, 3.8) is 0 Å². The highest BCUT2D eigenvalue weighted by Gasteiger charge is 2.01. The Balaban J connectivity index is 3.63. The van der Waals surface area contributed by atoms with Crippen LogP contribution >= 0.6 is 0 Å². The van der Waals surface area contributed by atoms with Crippen LogP contribution < -0.4 is 0 Å². The highest BCUT2D eigenvalue weighted by molar-refractivity contribution is 5.87. The molecule has 0 unspecified atom stereocenters. The molecule has 0 aromatic heterocycles. The van der Waals surface area contributed by atoms with E-state index < -0.39 is 0 Å². The number of rotatable bonds is 5. The molecular weight excluding hydrogens is 150 g/mol.